The number of aromatic nitrogens is 5. The number of rotatable bonds is 4. The molecule has 134 valence electrons. The zero-order chi connectivity index (χ0) is 19.0. The predicted molar refractivity (Wildman–Crippen MR) is 104 cm³/mol. The normalized spacial score (nSPS) is 10.9. The highest BCUT2D eigenvalue weighted by Gasteiger charge is 2.12. The number of anilines is 2. The predicted octanol–water partition coefficient (Wildman–Crippen LogP) is 2.55. The number of nitrogens with zero attached hydrogens (tertiary/aromatic N) is 5. The Morgan fingerprint density at radius 3 is 2.67 bits per heavy atom. The van der Waals surface area contributed by atoms with Gasteiger partial charge in [0.25, 0.3) is 0 Å². The maximum atomic E-state index is 10.7. The van der Waals surface area contributed by atoms with Crippen molar-refractivity contribution in [3.63, 3.8) is 0 Å². The van der Waals surface area contributed by atoms with Gasteiger partial charge < -0.3 is 11.1 Å². The summed E-state index contributed by atoms with van der Waals surface area (Å²) in [7, 11) is 1.87. The fourth-order valence-corrected chi connectivity index (χ4v) is 2.97. The molecule has 0 radical (unpaired) electrons. The van der Waals surface area contributed by atoms with Crippen molar-refractivity contribution in [3.05, 3.63) is 48.4 Å². The third kappa shape index (κ3) is 3.08. The number of carbonyl (C=O) groups excluding carboxylic acids is 1. The molecule has 0 spiro atoms. The maximum Gasteiger partial charge on any atom is 0.212 e. The molecule has 8 nitrogen and oxygen atoms in total. The van der Waals surface area contributed by atoms with Crippen LogP contribution >= 0.6 is 0 Å². The van der Waals surface area contributed by atoms with Gasteiger partial charge in [0.1, 0.15) is 17.3 Å². The van der Waals surface area contributed by atoms with Gasteiger partial charge in [0.2, 0.25) is 6.41 Å². The number of pyridine rings is 3. The fourth-order valence-electron chi connectivity index (χ4n) is 2.97. The molecular weight excluding hydrogens is 342 g/mol. The number of fused-ring (bicyclic) bond motifs is 1. The van der Waals surface area contributed by atoms with Gasteiger partial charge in [-0.1, -0.05) is 0 Å². The molecule has 4 rings (SSSR count). The second-order valence-corrected chi connectivity index (χ2v) is 6.20. The lowest BCUT2D eigenvalue weighted by molar-refractivity contribution is -0.105. The van der Waals surface area contributed by atoms with Crippen LogP contribution in [0, 0.1) is 6.92 Å². The van der Waals surface area contributed by atoms with Crippen molar-refractivity contribution >= 4 is 28.8 Å². The molecule has 0 saturated carbocycles. The quantitative estimate of drug-likeness (QED) is 0.542. The van der Waals surface area contributed by atoms with E-state index in [4.69, 9.17) is 5.73 Å². The lowest BCUT2D eigenvalue weighted by Gasteiger charge is -2.10. The zero-order valence-electron chi connectivity index (χ0n) is 14.8. The van der Waals surface area contributed by atoms with Crippen LogP contribution in [-0.4, -0.2) is 31.1 Å². The summed E-state index contributed by atoms with van der Waals surface area (Å²) in [6.07, 6.45) is 5.84. The molecule has 0 aliphatic carbocycles. The van der Waals surface area contributed by atoms with Crippen molar-refractivity contribution in [2.24, 2.45) is 7.05 Å². The Kier molecular flexibility index (Phi) is 4.00. The summed E-state index contributed by atoms with van der Waals surface area (Å²) >= 11 is 0. The highest BCUT2D eigenvalue weighted by Crippen LogP contribution is 2.30. The standard InChI is InChI=1S/C19H17N7O/c1-11-5-17(15-3-4-26(2)25-15)21-8-13(11)16-6-12-7-18(23-10-27)22-9-14(12)19(20)24-16/h3-10H,1-2H3,(H2,20,24)(H,22,23,27). The first kappa shape index (κ1) is 16.6. The van der Waals surface area contributed by atoms with Gasteiger partial charge >= 0.3 is 0 Å². The first-order chi connectivity index (χ1) is 13.0. The second kappa shape index (κ2) is 6.49. The molecule has 8 heteroatoms. The summed E-state index contributed by atoms with van der Waals surface area (Å²) in [6, 6.07) is 7.57. The third-order valence-corrected chi connectivity index (χ3v) is 4.31. The van der Waals surface area contributed by atoms with Crippen molar-refractivity contribution in [2.45, 2.75) is 6.92 Å². The van der Waals surface area contributed by atoms with Crippen molar-refractivity contribution in [1.29, 1.82) is 0 Å². The van der Waals surface area contributed by atoms with Gasteiger partial charge in [-0.05, 0) is 42.1 Å². The van der Waals surface area contributed by atoms with E-state index in [9.17, 15) is 4.79 Å². The van der Waals surface area contributed by atoms with Crippen LogP contribution in [0.5, 0.6) is 0 Å². The van der Waals surface area contributed by atoms with Gasteiger partial charge in [0.15, 0.2) is 0 Å². The first-order valence-corrected chi connectivity index (χ1v) is 8.28. The van der Waals surface area contributed by atoms with Crippen LogP contribution < -0.4 is 11.1 Å². The molecule has 0 aromatic carbocycles. The van der Waals surface area contributed by atoms with E-state index >= 15 is 0 Å². The summed E-state index contributed by atoms with van der Waals surface area (Å²) in [5, 5.41) is 8.49. The topological polar surface area (TPSA) is 112 Å². The molecule has 0 fully saturated rings. The minimum absolute atomic E-state index is 0.376. The Bertz CT molecular complexity index is 1170. The Labute approximate surface area is 155 Å². The fraction of sp³-hybridized carbons (Fsp3) is 0.105. The van der Waals surface area contributed by atoms with Crippen molar-refractivity contribution < 1.29 is 4.79 Å². The molecule has 27 heavy (non-hydrogen) atoms. The van der Waals surface area contributed by atoms with Crippen LogP contribution in [0.2, 0.25) is 0 Å². The van der Waals surface area contributed by atoms with Crippen LogP contribution in [0.1, 0.15) is 5.56 Å². The monoisotopic (exact) mass is 359 g/mol. The Hall–Kier alpha value is -3.81. The van der Waals surface area contributed by atoms with Gasteiger partial charge in [-0.15, -0.1) is 0 Å². The van der Waals surface area contributed by atoms with Crippen LogP contribution in [-0.2, 0) is 11.8 Å². The van der Waals surface area contributed by atoms with Crippen LogP contribution in [0.3, 0.4) is 0 Å². The Balaban J connectivity index is 1.80. The van der Waals surface area contributed by atoms with E-state index in [1.54, 1.807) is 23.1 Å². The smallest absolute Gasteiger partial charge is 0.212 e. The minimum atomic E-state index is 0.376. The average Bonchev–Trinajstić information content (AvgIpc) is 3.08. The lowest BCUT2D eigenvalue weighted by Crippen LogP contribution is -2.00. The van der Waals surface area contributed by atoms with Gasteiger partial charge in [0.05, 0.1) is 11.4 Å². The lowest BCUT2D eigenvalue weighted by atomic mass is 10.0. The minimum Gasteiger partial charge on any atom is -0.383 e. The summed E-state index contributed by atoms with van der Waals surface area (Å²) in [6.45, 7) is 2.00. The maximum absolute atomic E-state index is 10.7. The highest BCUT2D eigenvalue weighted by atomic mass is 16.1. The molecule has 1 amide bonds. The van der Waals surface area contributed by atoms with Gasteiger partial charge in [-0.25, -0.2) is 9.97 Å². The second-order valence-electron chi connectivity index (χ2n) is 6.20. The van der Waals surface area contributed by atoms with Gasteiger partial charge in [0, 0.05) is 36.6 Å². The summed E-state index contributed by atoms with van der Waals surface area (Å²) < 4.78 is 1.74. The van der Waals surface area contributed by atoms with Crippen molar-refractivity contribution in [1.82, 2.24) is 24.7 Å². The molecule has 4 heterocycles. The van der Waals surface area contributed by atoms with Gasteiger partial charge in [-0.3, -0.25) is 14.5 Å². The molecule has 0 bridgehead atoms. The Morgan fingerprint density at radius 1 is 1.11 bits per heavy atom. The van der Waals surface area contributed by atoms with E-state index < -0.39 is 0 Å². The average molecular weight is 359 g/mol. The third-order valence-electron chi connectivity index (χ3n) is 4.31. The number of carbonyl (C=O) groups is 1. The number of hydrogen-bond donors (Lipinski definition) is 2. The van der Waals surface area contributed by atoms with E-state index in [1.165, 1.54) is 0 Å². The molecule has 0 atom stereocenters. The molecule has 0 unspecified atom stereocenters. The molecule has 0 aliphatic rings. The molecular formula is C19H17N7O. The summed E-state index contributed by atoms with van der Waals surface area (Å²) in [4.78, 5) is 23.8. The van der Waals surface area contributed by atoms with Crippen molar-refractivity contribution in [2.75, 3.05) is 11.1 Å². The SMILES string of the molecule is Cc1cc(-c2ccn(C)n2)ncc1-c1cc2cc(NC=O)ncc2c(N)n1. The number of hydrogen-bond acceptors (Lipinski definition) is 6. The van der Waals surface area contributed by atoms with Crippen LogP contribution in [0.4, 0.5) is 11.6 Å². The number of aryl methyl sites for hydroxylation is 2. The highest BCUT2D eigenvalue weighted by molar-refractivity contribution is 5.95. The van der Waals surface area contributed by atoms with Gasteiger partial charge in [-0.2, -0.15) is 5.10 Å². The summed E-state index contributed by atoms with van der Waals surface area (Å²) in [5.74, 6) is 0.829. The van der Waals surface area contributed by atoms with E-state index in [0.29, 0.717) is 23.7 Å². The Morgan fingerprint density at radius 2 is 1.96 bits per heavy atom. The van der Waals surface area contributed by atoms with E-state index in [-0.39, 0.29) is 0 Å². The summed E-state index contributed by atoms with van der Waals surface area (Å²) in [5.41, 5.74) is 10.3. The molecule has 4 aromatic rings. The number of nitrogen functional groups attached to an aromatic ring is 1. The number of nitrogens with two attached hydrogens (primary N) is 1. The number of nitrogens with one attached hydrogen (secondary N) is 1. The van der Waals surface area contributed by atoms with E-state index in [1.807, 2.05) is 38.4 Å². The van der Waals surface area contributed by atoms with Crippen molar-refractivity contribution in [3.8, 4) is 22.6 Å². The molecule has 4 aromatic heterocycles. The van der Waals surface area contributed by atoms with E-state index in [2.05, 4.69) is 25.4 Å². The largest absolute Gasteiger partial charge is 0.383 e. The molecule has 0 aliphatic heterocycles. The molecule has 3 N–H and O–H groups in total. The molecule has 0 saturated heterocycles. The zero-order valence-corrected chi connectivity index (χ0v) is 14.8. The van der Waals surface area contributed by atoms with Crippen LogP contribution in [0.25, 0.3) is 33.4 Å². The van der Waals surface area contributed by atoms with Crippen LogP contribution in [0.15, 0.2) is 42.9 Å². The number of amides is 1. The van der Waals surface area contributed by atoms with E-state index in [0.717, 1.165) is 33.3 Å². The first-order valence-electron chi connectivity index (χ1n) is 8.28.